The minimum absolute atomic E-state index is 0.104. The fraction of sp³-hybridized carbons (Fsp3) is 0.538. The second kappa shape index (κ2) is 7.53. The molecule has 1 atom stereocenters. The van der Waals surface area contributed by atoms with Gasteiger partial charge in [-0.05, 0) is 31.1 Å². The molecule has 0 bridgehead atoms. The first-order valence-corrected chi connectivity index (χ1v) is 7.95. The zero-order chi connectivity index (χ0) is 14.4. The minimum Gasteiger partial charge on any atom is -0.396 e. The van der Waals surface area contributed by atoms with Crippen LogP contribution in [0.25, 0.3) is 0 Å². The molecule has 2 N–H and O–H groups in total. The van der Waals surface area contributed by atoms with Gasteiger partial charge in [0.15, 0.2) is 0 Å². The number of nitrogens with one attached hydrogen (secondary N) is 1. The fourth-order valence-electron chi connectivity index (χ4n) is 1.42. The van der Waals surface area contributed by atoms with Crippen LogP contribution in [0.4, 0.5) is 5.00 Å². The number of aliphatic hydroxyl groups excluding tert-OH is 1. The third-order valence-electron chi connectivity index (χ3n) is 2.70. The van der Waals surface area contributed by atoms with Crippen molar-refractivity contribution in [2.24, 2.45) is 5.92 Å². The third-order valence-corrected chi connectivity index (χ3v) is 5.09. The SMILES string of the molecule is Cc1sc(NC(=O)CSCC(C)CO)c(C#N)c1C. The molecule has 0 aliphatic carbocycles. The van der Waals surface area contributed by atoms with Gasteiger partial charge in [-0.3, -0.25) is 4.79 Å². The number of aryl methyl sites for hydroxylation is 1. The lowest BCUT2D eigenvalue weighted by molar-refractivity contribution is -0.113. The number of nitrogens with zero attached hydrogens (tertiary/aromatic N) is 1. The standard InChI is InChI=1S/C13H18N2O2S2/c1-8(5-16)6-18-7-12(17)15-13-11(4-14)9(2)10(3)19-13/h8,16H,5-7H2,1-3H3,(H,15,17). The normalized spacial score (nSPS) is 11.9. The fourth-order valence-corrected chi connectivity index (χ4v) is 3.33. The first kappa shape index (κ1) is 16.0. The van der Waals surface area contributed by atoms with Crippen LogP contribution in [0.2, 0.25) is 0 Å². The molecular formula is C13H18N2O2S2. The second-order valence-corrected chi connectivity index (χ2v) is 6.71. The summed E-state index contributed by atoms with van der Waals surface area (Å²) in [5.41, 5.74) is 1.49. The molecule has 1 aromatic rings. The van der Waals surface area contributed by atoms with Crippen LogP contribution in [-0.2, 0) is 4.79 Å². The summed E-state index contributed by atoms with van der Waals surface area (Å²) in [5.74, 6) is 1.18. The number of anilines is 1. The summed E-state index contributed by atoms with van der Waals surface area (Å²) in [6.07, 6.45) is 0. The Morgan fingerprint density at radius 2 is 2.26 bits per heavy atom. The van der Waals surface area contributed by atoms with E-state index < -0.39 is 0 Å². The zero-order valence-electron chi connectivity index (χ0n) is 11.3. The smallest absolute Gasteiger partial charge is 0.235 e. The highest BCUT2D eigenvalue weighted by Crippen LogP contribution is 2.31. The van der Waals surface area contributed by atoms with Crippen molar-refractivity contribution in [2.75, 3.05) is 23.4 Å². The van der Waals surface area contributed by atoms with Gasteiger partial charge in [-0.15, -0.1) is 11.3 Å². The van der Waals surface area contributed by atoms with Crippen molar-refractivity contribution in [3.63, 3.8) is 0 Å². The Labute approximate surface area is 121 Å². The molecule has 0 saturated carbocycles. The molecule has 6 heteroatoms. The number of thiophene rings is 1. The summed E-state index contributed by atoms with van der Waals surface area (Å²) in [6.45, 7) is 5.90. The molecule has 1 rings (SSSR count). The monoisotopic (exact) mass is 298 g/mol. The molecule has 4 nitrogen and oxygen atoms in total. The van der Waals surface area contributed by atoms with Gasteiger partial charge in [-0.25, -0.2) is 0 Å². The lowest BCUT2D eigenvalue weighted by atomic mass is 10.2. The summed E-state index contributed by atoms with van der Waals surface area (Å²) in [7, 11) is 0. The number of aliphatic hydroxyl groups is 1. The molecular weight excluding hydrogens is 280 g/mol. The molecule has 1 amide bonds. The number of nitriles is 1. The number of hydrogen-bond acceptors (Lipinski definition) is 5. The summed E-state index contributed by atoms with van der Waals surface area (Å²) < 4.78 is 0. The number of amides is 1. The number of carbonyl (C=O) groups is 1. The molecule has 0 aliphatic rings. The van der Waals surface area contributed by atoms with E-state index in [1.165, 1.54) is 23.1 Å². The minimum atomic E-state index is -0.104. The maximum atomic E-state index is 11.8. The Hall–Kier alpha value is -1.03. The first-order chi connectivity index (χ1) is 8.99. The van der Waals surface area contributed by atoms with Crippen LogP contribution < -0.4 is 5.32 Å². The Morgan fingerprint density at radius 3 is 2.84 bits per heavy atom. The summed E-state index contributed by atoms with van der Waals surface area (Å²) >= 11 is 2.92. The van der Waals surface area contributed by atoms with Crippen molar-refractivity contribution in [1.82, 2.24) is 0 Å². The Bertz CT molecular complexity index is 492. The van der Waals surface area contributed by atoms with E-state index >= 15 is 0 Å². The van der Waals surface area contributed by atoms with Gasteiger partial charge in [-0.1, -0.05) is 6.92 Å². The summed E-state index contributed by atoms with van der Waals surface area (Å²) in [6, 6.07) is 2.13. The maximum absolute atomic E-state index is 11.8. The lowest BCUT2D eigenvalue weighted by Crippen LogP contribution is -2.15. The second-order valence-electron chi connectivity index (χ2n) is 4.45. The van der Waals surface area contributed by atoms with Gasteiger partial charge in [0.1, 0.15) is 11.1 Å². The zero-order valence-corrected chi connectivity index (χ0v) is 13.0. The van der Waals surface area contributed by atoms with Crippen LogP contribution in [0.1, 0.15) is 22.9 Å². The van der Waals surface area contributed by atoms with Crippen LogP contribution in [-0.4, -0.2) is 29.1 Å². The van der Waals surface area contributed by atoms with Crippen LogP contribution in [0, 0.1) is 31.1 Å². The number of rotatable bonds is 6. The molecule has 104 valence electrons. The van der Waals surface area contributed by atoms with Gasteiger partial charge in [0.25, 0.3) is 0 Å². The molecule has 0 spiro atoms. The van der Waals surface area contributed by atoms with Crippen LogP contribution in [0.5, 0.6) is 0 Å². The molecule has 0 radical (unpaired) electrons. The average molecular weight is 298 g/mol. The topological polar surface area (TPSA) is 73.1 Å². The van der Waals surface area contributed by atoms with E-state index in [-0.39, 0.29) is 18.4 Å². The largest absolute Gasteiger partial charge is 0.396 e. The molecule has 0 aromatic carbocycles. The van der Waals surface area contributed by atoms with Crippen molar-refractivity contribution in [1.29, 1.82) is 5.26 Å². The highest BCUT2D eigenvalue weighted by molar-refractivity contribution is 7.99. The number of hydrogen-bond donors (Lipinski definition) is 2. The quantitative estimate of drug-likeness (QED) is 0.846. The van der Waals surface area contributed by atoms with Crippen LogP contribution in [0.15, 0.2) is 0 Å². The summed E-state index contributed by atoms with van der Waals surface area (Å²) in [4.78, 5) is 12.8. The van der Waals surface area contributed by atoms with E-state index in [1.54, 1.807) is 0 Å². The van der Waals surface area contributed by atoms with E-state index in [0.29, 0.717) is 16.3 Å². The predicted molar refractivity (Wildman–Crippen MR) is 80.7 cm³/mol. The molecule has 0 fully saturated rings. The van der Waals surface area contributed by atoms with Crippen molar-refractivity contribution < 1.29 is 9.90 Å². The molecule has 1 unspecified atom stereocenters. The first-order valence-electron chi connectivity index (χ1n) is 5.98. The van der Waals surface area contributed by atoms with Crippen molar-refractivity contribution >= 4 is 34.0 Å². The molecule has 0 aliphatic heterocycles. The highest BCUT2D eigenvalue weighted by atomic mass is 32.2. The maximum Gasteiger partial charge on any atom is 0.235 e. The van der Waals surface area contributed by atoms with E-state index in [9.17, 15) is 4.79 Å². The molecule has 19 heavy (non-hydrogen) atoms. The van der Waals surface area contributed by atoms with Crippen LogP contribution >= 0.6 is 23.1 Å². The van der Waals surface area contributed by atoms with Gasteiger partial charge in [-0.2, -0.15) is 17.0 Å². The average Bonchev–Trinajstić information content (AvgIpc) is 2.64. The Kier molecular flexibility index (Phi) is 6.35. The van der Waals surface area contributed by atoms with Crippen molar-refractivity contribution in [2.45, 2.75) is 20.8 Å². The molecule has 1 aromatic heterocycles. The van der Waals surface area contributed by atoms with E-state index in [2.05, 4.69) is 11.4 Å². The third kappa shape index (κ3) is 4.53. The van der Waals surface area contributed by atoms with Gasteiger partial charge in [0.2, 0.25) is 5.91 Å². The predicted octanol–water partition coefficient (Wildman–Crippen LogP) is 2.54. The summed E-state index contributed by atoms with van der Waals surface area (Å²) in [5, 5.41) is 21.4. The molecule has 1 heterocycles. The van der Waals surface area contributed by atoms with Crippen LogP contribution in [0.3, 0.4) is 0 Å². The number of thioether (sulfide) groups is 1. The van der Waals surface area contributed by atoms with Gasteiger partial charge in [0, 0.05) is 11.5 Å². The number of carbonyl (C=O) groups excluding carboxylic acids is 1. The van der Waals surface area contributed by atoms with Gasteiger partial charge < -0.3 is 10.4 Å². The Morgan fingerprint density at radius 1 is 1.58 bits per heavy atom. The highest BCUT2D eigenvalue weighted by Gasteiger charge is 2.14. The lowest BCUT2D eigenvalue weighted by Gasteiger charge is -2.07. The van der Waals surface area contributed by atoms with Gasteiger partial charge >= 0.3 is 0 Å². The van der Waals surface area contributed by atoms with E-state index in [4.69, 9.17) is 10.4 Å². The van der Waals surface area contributed by atoms with Gasteiger partial charge in [0.05, 0.1) is 11.3 Å². The van der Waals surface area contributed by atoms with E-state index in [0.717, 1.165) is 16.2 Å². The Balaban J connectivity index is 2.54. The van der Waals surface area contributed by atoms with E-state index in [1.807, 2.05) is 20.8 Å². The van der Waals surface area contributed by atoms with Crippen molar-refractivity contribution in [3.05, 3.63) is 16.0 Å². The molecule has 0 saturated heterocycles. The van der Waals surface area contributed by atoms with Crippen molar-refractivity contribution in [3.8, 4) is 6.07 Å².